The Hall–Kier alpha value is -0.700. The molecule has 0 saturated carbocycles. The van der Waals surface area contributed by atoms with Crippen LogP contribution in [0.2, 0.25) is 10.0 Å². The fourth-order valence-electron chi connectivity index (χ4n) is 2.00. The van der Waals surface area contributed by atoms with Crippen LogP contribution in [0.25, 0.3) is 0 Å². The fraction of sp³-hybridized carbons (Fsp3) is 0.250. The molecule has 20 heavy (non-hydrogen) atoms. The first-order valence-corrected chi connectivity index (χ1v) is 8.06. The van der Waals surface area contributed by atoms with Crippen molar-refractivity contribution in [3.63, 3.8) is 0 Å². The zero-order chi connectivity index (χ0) is 14.7. The minimum absolute atomic E-state index is 0.163. The van der Waals surface area contributed by atoms with E-state index in [0.29, 0.717) is 10.0 Å². The fourth-order valence-corrected chi connectivity index (χ4v) is 2.82. The maximum Gasteiger partial charge on any atom is 0.0835 e. The number of nitrogens with one attached hydrogen (secondary N) is 1. The molecule has 4 heteroatoms. The number of hydrogen-bond donors (Lipinski definition) is 1. The van der Waals surface area contributed by atoms with Gasteiger partial charge < -0.3 is 5.32 Å². The van der Waals surface area contributed by atoms with Crippen LogP contribution in [0.4, 0.5) is 5.69 Å². The molecule has 0 amide bonds. The number of rotatable bonds is 4. The zero-order valence-electron chi connectivity index (χ0n) is 11.4. The normalized spacial score (nSPS) is 12.2. The van der Waals surface area contributed by atoms with Crippen molar-refractivity contribution in [2.45, 2.75) is 26.3 Å². The lowest BCUT2D eigenvalue weighted by Gasteiger charge is -2.18. The van der Waals surface area contributed by atoms with Gasteiger partial charge in [-0.15, -0.1) is 0 Å². The molecule has 0 fully saturated rings. The lowest BCUT2D eigenvalue weighted by atomic mass is 10.0. The van der Waals surface area contributed by atoms with E-state index in [1.54, 1.807) is 0 Å². The second-order valence-electron chi connectivity index (χ2n) is 4.68. The lowest BCUT2D eigenvalue weighted by molar-refractivity contribution is 0.883. The Labute approximate surface area is 138 Å². The molecule has 2 aromatic carbocycles. The topological polar surface area (TPSA) is 12.0 Å². The van der Waals surface area contributed by atoms with Crippen LogP contribution < -0.4 is 5.32 Å². The van der Waals surface area contributed by atoms with E-state index in [4.69, 9.17) is 23.2 Å². The molecule has 0 aliphatic carbocycles. The van der Waals surface area contributed by atoms with E-state index in [1.807, 2.05) is 12.1 Å². The number of benzene rings is 2. The maximum atomic E-state index is 6.25. The van der Waals surface area contributed by atoms with Gasteiger partial charge in [-0.3, -0.25) is 0 Å². The first kappa shape index (κ1) is 15.7. The minimum atomic E-state index is 0.163. The Balaban J connectivity index is 2.18. The van der Waals surface area contributed by atoms with Crippen molar-refractivity contribution in [2.24, 2.45) is 0 Å². The zero-order valence-corrected chi connectivity index (χ0v) is 14.5. The van der Waals surface area contributed by atoms with Crippen molar-refractivity contribution in [1.29, 1.82) is 0 Å². The predicted molar refractivity (Wildman–Crippen MR) is 92.0 cm³/mol. The molecule has 0 saturated heterocycles. The van der Waals surface area contributed by atoms with E-state index in [-0.39, 0.29) is 6.04 Å². The van der Waals surface area contributed by atoms with Crippen LogP contribution >= 0.6 is 39.1 Å². The van der Waals surface area contributed by atoms with Crippen molar-refractivity contribution in [3.8, 4) is 0 Å². The molecule has 0 aliphatic heterocycles. The summed E-state index contributed by atoms with van der Waals surface area (Å²) in [5.74, 6) is 0. The van der Waals surface area contributed by atoms with E-state index in [0.717, 1.165) is 16.6 Å². The smallest absolute Gasteiger partial charge is 0.0835 e. The number of halogens is 3. The number of hydrogen-bond acceptors (Lipinski definition) is 1. The summed E-state index contributed by atoms with van der Waals surface area (Å²) in [6.45, 7) is 4.26. The van der Waals surface area contributed by atoms with E-state index >= 15 is 0 Å². The Bertz CT molecular complexity index is 596. The van der Waals surface area contributed by atoms with Crippen LogP contribution in [0, 0.1) is 0 Å². The SMILES string of the molecule is CCc1ccc(C(C)Nc2ccc(Br)c(Cl)c2Cl)cc1. The van der Waals surface area contributed by atoms with Gasteiger partial charge in [0.15, 0.2) is 0 Å². The second kappa shape index (κ2) is 6.84. The van der Waals surface area contributed by atoms with Gasteiger partial charge in [-0.05, 0) is 52.5 Å². The van der Waals surface area contributed by atoms with Crippen molar-refractivity contribution >= 4 is 44.8 Å². The quantitative estimate of drug-likeness (QED) is 0.604. The van der Waals surface area contributed by atoms with E-state index in [9.17, 15) is 0 Å². The van der Waals surface area contributed by atoms with Gasteiger partial charge in [-0.25, -0.2) is 0 Å². The van der Waals surface area contributed by atoms with Gasteiger partial charge in [0.25, 0.3) is 0 Å². The third-order valence-electron chi connectivity index (χ3n) is 3.30. The highest BCUT2D eigenvalue weighted by Gasteiger charge is 2.11. The molecule has 106 valence electrons. The minimum Gasteiger partial charge on any atom is -0.377 e. The molecule has 2 rings (SSSR count). The standard InChI is InChI=1S/C16H16BrCl2N/c1-3-11-4-6-12(7-5-11)10(2)20-14-9-8-13(17)15(18)16(14)19/h4-10,20H,3H2,1-2H3. The first-order chi connectivity index (χ1) is 9.52. The number of anilines is 1. The van der Waals surface area contributed by atoms with Gasteiger partial charge in [0.1, 0.15) is 0 Å². The Morgan fingerprint density at radius 1 is 1.05 bits per heavy atom. The summed E-state index contributed by atoms with van der Waals surface area (Å²) < 4.78 is 0.801. The Morgan fingerprint density at radius 3 is 2.30 bits per heavy atom. The molecule has 0 aliphatic rings. The molecular weight excluding hydrogens is 357 g/mol. The third kappa shape index (κ3) is 3.49. The molecule has 1 unspecified atom stereocenters. The van der Waals surface area contributed by atoms with Crippen LogP contribution in [0.1, 0.15) is 31.0 Å². The molecule has 0 aromatic heterocycles. The molecule has 0 bridgehead atoms. The van der Waals surface area contributed by atoms with Gasteiger partial charge >= 0.3 is 0 Å². The average molecular weight is 373 g/mol. The summed E-state index contributed by atoms with van der Waals surface area (Å²) in [5, 5.41) is 4.47. The highest BCUT2D eigenvalue weighted by Crippen LogP contribution is 2.37. The molecule has 0 heterocycles. The van der Waals surface area contributed by atoms with Crippen LogP contribution in [-0.2, 0) is 6.42 Å². The largest absolute Gasteiger partial charge is 0.377 e. The lowest BCUT2D eigenvalue weighted by Crippen LogP contribution is -2.07. The predicted octanol–water partition coefficient (Wildman–Crippen LogP) is 6.49. The molecule has 1 N–H and O–H groups in total. The van der Waals surface area contributed by atoms with Gasteiger partial charge in [0.2, 0.25) is 0 Å². The average Bonchev–Trinajstić information content (AvgIpc) is 2.48. The molecular formula is C16H16BrCl2N. The van der Waals surface area contributed by atoms with Crippen molar-refractivity contribution in [1.82, 2.24) is 0 Å². The Kier molecular flexibility index (Phi) is 5.36. The van der Waals surface area contributed by atoms with Crippen molar-refractivity contribution in [2.75, 3.05) is 5.32 Å². The van der Waals surface area contributed by atoms with Gasteiger partial charge in [-0.2, -0.15) is 0 Å². The summed E-state index contributed by atoms with van der Waals surface area (Å²) in [7, 11) is 0. The molecule has 1 nitrogen and oxygen atoms in total. The second-order valence-corrected chi connectivity index (χ2v) is 6.29. The van der Waals surface area contributed by atoms with E-state index in [2.05, 4.69) is 59.4 Å². The van der Waals surface area contributed by atoms with Crippen LogP contribution in [-0.4, -0.2) is 0 Å². The summed E-state index contributed by atoms with van der Waals surface area (Å²) in [6, 6.07) is 12.6. The summed E-state index contributed by atoms with van der Waals surface area (Å²) in [6.07, 6.45) is 1.05. The van der Waals surface area contributed by atoms with E-state index in [1.165, 1.54) is 11.1 Å². The van der Waals surface area contributed by atoms with Crippen LogP contribution in [0.5, 0.6) is 0 Å². The van der Waals surface area contributed by atoms with Gasteiger partial charge in [0, 0.05) is 10.5 Å². The van der Waals surface area contributed by atoms with Crippen LogP contribution in [0.15, 0.2) is 40.9 Å². The Morgan fingerprint density at radius 2 is 1.70 bits per heavy atom. The highest BCUT2D eigenvalue weighted by molar-refractivity contribution is 9.10. The van der Waals surface area contributed by atoms with E-state index < -0.39 is 0 Å². The molecule has 1 atom stereocenters. The number of aryl methyl sites for hydroxylation is 1. The summed E-state index contributed by atoms with van der Waals surface area (Å²) in [5.41, 5.74) is 3.40. The van der Waals surface area contributed by atoms with Crippen LogP contribution in [0.3, 0.4) is 0 Å². The molecule has 0 spiro atoms. The monoisotopic (exact) mass is 371 g/mol. The summed E-state index contributed by atoms with van der Waals surface area (Å²) in [4.78, 5) is 0. The van der Waals surface area contributed by atoms with Gasteiger partial charge in [-0.1, -0.05) is 54.4 Å². The third-order valence-corrected chi connectivity index (χ3v) is 5.07. The first-order valence-electron chi connectivity index (χ1n) is 6.51. The van der Waals surface area contributed by atoms with Crippen molar-refractivity contribution < 1.29 is 0 Å². The maximum absolute atomic E-state index is 6.25. The summed E-state index contributed by atoms with van der Waals surface area (Å²) >= 11 is 15.7. The molecule has 2 aromatic rings. The highest BCUT2D eigenvalue weighted by atomic mass is 79.9. The van der Waals surface area contributed by atoms with Crippen molar-refractivity contribution in [3.05, 3.63) is 62.0 Å². The van der Waals surface area contributed by atoms with Gasteiger partial charge in [0.05, 0.1) is 15.7 Å². The molecule has 0 radical (unpaired) electrons.